The molecule has 1 aromatic rings. The number of nitrogens with one attached hydrogen (secondary N) is 1. The number of nitrogens with two attached hydrogens (primary N) is 1. The number of carbonyl (C=O) groups excluding carboxylic acids is 1. The Bertz CT molecular complexity index is 491. The number of halogens is 1. The molecular formula is C18H27ClN2O2. The number of benzene rings is 1. The molecule has 1 amide bonds. The van der Waals surface area contributed by atoms with Crippen molar-refractivity contribution in [2.45, 2.75) is 44.2 Å². The summed E-state index contributed by atoms with van der Waals surface area (Å²) in [5, 5.41) is 3.26. The zero-order valence-corrected chi connectivity index (χ0v) is 14.3. The number of ether oxygens (including phenoxy) is 1. The maximum absolute atomic E-state index is 12.7. The number of hydrogen-bond acceptors (Lipinski definition) is 3. The van der Waals surface area contributed by atoms with E-state index in [1.165, 1.54) is 0 Å². The molecule has 4 nitrogen and oxygen atoms in total. The van der Waals surface area contributed by atoms with Gasteiger partial charge >= 0.3 is 0 Å². The number of rotatable bonds is 5. The molecular weight excluding hydrogens is 312 g/mol. The van der Waals surface area contributed by atoms with Crippen LogP contribution in [0.25, 0.3) is 0 Å². The highest BCUT2D eigenvalue weighted by Crippen LogP contribution is 2.33. The van der Waals surface area contributed by atoms with Crippen LogP contribution in [0.15, 0.2) is 30.3 Å². The average molecular weight is 339 g/mol. The first-order valence-corrected chi connectivity index (χ1v) is 8.46. The molecule has 128 valence electrons. The lowest BCUT2D eigenvalue weighted by Crippen LogP contribution is -2.41. The Balaban J connectivity index is 0.00000192. The van der Waals surface area contributed by atoms with Crippen molar-refractivity contribution in [1.82, 2.24) is 5.32 Å². The third kappa shape index (κ3) is 4.25. The summed E-state index contributed by atoms with van der Waals surface area (Å²) in [5.74, 6) is 0.552. The summed E-state index contributed by atoms with van der Waals surface area (Å²) in [7, 11) is 0. The number of hydrogen-bond donors (Lipinski definition) is 2. The van der Waals surface area contributed by atoms with Gasteiger partial charge in [0.1, 0.15) is 0 Å². The minimum atomic E-state index is -0.0461. The highest BCUT2D eigenvalue weighted by atomic mass is 35.5. The third-order valence-corrected chi connectivity index (χ3v) is 5.09. The van der Waals surface area contributed by atoms with Crippen LogP contribution in [0.5, 0.6) is 0 Å². The van der Waals surface area contributed by atoms with E-state index in [4.69, 9.17) is 10.5 Å². The van der Waals surface area contributed by atoms with Crippen LogP contribution in [-0.4, -0.2) is 25.2 Å². The predicted molar refractivity (Wildman–Crippen MR) is 93.4 cm³/mol. The summed E-state index contributed by atoms with van der Waals surface area (Å²) < 4.78 is 5.85. The molecule has 0 bridgehead atoms. The smallest absolute Gasteiger partial charge is 0.224 e. The van der Waals surface area contributed by atoms with E-state index in [2.05, 4.69) is 17.4 Å². The summed E-state index contributed by atoms with van der Waals surface area (Å²) in [4.78, 5) is 12.7. The van der Waals surface area contributed by atoms with Crippen LogP contribution >= 0.6 is 12.4 Å². The quantitative estimate of drug-likeness (QED) is 0.867. The van der Waals surface area contributed by atoms with Crippen LogP contribution < -0.4 is 11.1 Å². The molecule has 1 aliphatic heterocycles. The zero-order chi connectivity index (χ0) is 15.4. The largest absolute Gasteiger partial charge is 0.376 e. The van der Waals surface area contributed by atoms with Crippen molar-refractivity contribution >= 4 is 18.3 Å². The van der Waals surface area contributed by atoms with Crippen molar-refractivity contribution < 1.29 is 9.53 Å². The van der Waals surface area contributed by atoms with Gasteiger partial charge in [-0.2, -0.15) is 0 Å². The Morgan fingerprint density at radius 3 is 2.65 bits per heavy atom. The van der Waals surface area contributed by atoms with Gasteiger partial charge in [0.05, 0.1) is 12.1 Å². The number of amides is 1. The van der Waals surface area contributed by atoms with Gasteiger partial charge in [0, 0.05) is 12.5 Å². The van der Waals surface area contributed by atoms with Crippen molar-refractivity contribution in [2.75, 3.05) is 13.2 Å². The molecule has 1 saturated carbocycles. The Hall–Kier alpha value is -1.10. The SMILES string of the molecule is Cl.NC[C@H]1CCC[C@H]1C(=O)NC(c1ccccc1)C1CCCO1. The second kappa shape index (κ2) is 8.67. The van der Waals surface area contributed by atoms with Gasteiger partial charge in [-0.15, -0.1) is 12.4 Å². The van der Waals surface area contributed by atoms with E-state index in [1.54, 1.807) is 0 Å². The molecule has 1 saturated heterocycles. The number of carbonyl (C=O) groups is 1. The maximum Gasteiger partial charge on any atom is 0.224 e. The van der Waals surface area contributed by atoms with E-state index in [1.807, 2.05) is 18.2 Å². The third-order valence-electron chi connectivity index (χ3n) is 5.09. The van der Waals surface area contributed by atoms with E-state index < -0.39 is 0 Å². The maximum atomic E-state index is 12.7. The van der Waals surface area contributed by atoms with Gasteiger partial charge in [-0.3, -0.25) is 4.79 Å². The van der Waals surface area contributed by atoms with Crippen molar-refractivity contribution in [3.05, 3.63) is 35.9 Å². The molecule has 3 rings (SSSR count). The van der Waals surface area contributed by atoms with Crippen LogP contribution in [0.3, 0.4) is 0 Å². The van der Waals surface area contributed by atoms with E-state index in [0.717, 1.165) is 44.3 Å². The van der Waals surface area contributed by atoms with E-state index in [-0.39, 0.29) is 36.4 Å². The molecule has 23 heavy (non-hydrogen) atoms. The first-order chi connectivity index (χ1) is 10.8. The van der Waals surface area contributed by atoms with Crippen LogP contribution in [0.4, 0.5) is 0 Å². The molecule has 1 aliphatic carbocycles. The molecule has 5 heteroatoms. The van der Waals surface area contributed by atoms with Gasteiger partial charge in [0.25, 0.3) is 0 Å². The predicted octanol–water partition coefficient (Wildman–Crippen LogP) is 2.82. The monoisotopic (exact) mass is 338 g/mol. The minimum Gasteiger partial charge on any atom is -0.376 e. The fourth-order valence-electron chi connectivity index (χ4n) is 3.84. The van der Waals surface area contributed by atoms with Crippen LogP contribution in [0.1, 0.15) is 43.7 Å². The van der Waals surface area contributed by atoms with Crippen molar-refractivity contribution in [2.24, 2.45) is 17.6 Å². The average Bonchev–Trinajstić information content (AvgIpc) is 3.24. The minimum absolute atomic E-state index is 0. The second-order valence-corrected chi connectivity index (χ2v) is 6.48. The highest BCUT2D eigenvalue weighted by Gasteiger charge is 2.35. The summed E-state index contributed by atoms with van der Waals surface area (Å²) in [5.41, 5.74) is 6.95. The van der Waals surface area contributed by atoms with E-state index >= 15 is 0 Å². The topological polar surface area (TPSA) is 64.4 Å². The molecule has 2 aliphatic rings. The molecule has 3 N–H and O–H groups in total. The Labute approximate surface area is 144 Å². The molecule has 1 heterocycles. The first-order valence-electron chi connectivity index (χ1n) is 8.46. The highest BCUT2D eigenvalue weighted by molar-refractivity contribution is 5.85. The Kier molecular flexibility index (Phi) is 6.88. The van der Waals surface area contributed by atoms with Gasteiger partial charge < -0.3 is 15.8 Å². The van der Waals surface area contributed by atoms with Crippen LogP contribution in [-0.2, 0) is 9.53 Å². The molecule has 0 radical (unpaired) electrons. The van der Waals surface area contributed by atoms with Crippen LogP contribution in [0.2, 0.25) is 0 Å². The first kappa shape index (κ1) is 18.2. The van der Waals surface area contributed by atoms with Crippen LogP contribution in [0, 0.1) is 11.8 Å². The molecule has 2 fully saturated rings. The lowest BCUT2D eigenvalue weighted by molar-refractivity contribution is -0.127. The summed E-state index contributed by atoms with van der Waals surface area (Å²) in [6, 6.07) is 10.1. The lowest BCUT2D eigenvalue weighted by Gasteiger charge is -2.27. The van der Waals surface area contributed by atoms with Gasteiger partial charge in [0.15, 0.2) is 0 Å². The fraction of sp³-hybridized carbons (Fsp3) is 0.611. The Morgan fingerprint density at radius 1 is 1.22 bits per heavy atom. The standard InChI is InChI=1S/C18H26N2O2.ClH/c19-12-14-8-4-9-15(14)18(21)20-17(16-10-5-11-22-16)13-6-2-1-3-7-13;/h1-3,6-7,14-17H,4-5,8-12,19H2,(H,20,21);1H/t14-,15-,16?,17?;/m1./s1. The molecule has 2 unspecified atom stereocenters. The van der Waals surface area contributed by atoms with Crippen molar-refractivity contribution in [3.63, 3.8) is 0 Å². The summed E-state index contributed by atoms with van der Waals surface area (Å²) >= 11 is 0. The van der Waals surface area contributed by atoms with Gasteiger partial charge in [-0.1, -0.05) is 36.8 Å². The second-order valence-electron chi connectivity index (χ2n) is 6.48. The normalized spacial score (nSPS) is 28.1. The molecule has 4 atom stereocenters. The fourth-order valence-corrected chi connectivity index (χ4v) is 3.84. The summed E-state index contributed by atoms with van der Waals surface area (Å²) in [6.07, 6.45) is 5.30. The molecule has 0 aromatic heterocycles. The van der Waals surface area contributed by atoms with E-state index in [0.29, 0.717) is 12.5 Å². The lowest BCUT2D eigenvalue weighted by atomic mass is 9.93. The van der Waals surface area contributed by atoms with Gasteiger partial charge in [0.2, 0.25) is 5.91 Å². The molecule has 0 spiro atoms. The van der Waals surface area contributed by atoms with Crippen molar-refractivity contribution in [1.29, 1.82) is 0 Å². The zero-order valence-electron chi connectivity index (χ0n) is 13.4. The Morgan fingerprint density at radius 2 is 2.00 bits per heavy atom. The molecule has 1 aromatic carbocycles. The summed E-state index contributed by atoms with van der Waals surface area (Å²) in [6.45, 7) is 1.40. The van der Waals surface area contributed by atoms with E-state index in [9.17, 15) is 4.79 Å². The van der Waals surface area contributed by atoms with Gasteiger partial charge in [-0.25, -0.2) is 0 Å². The van der Waals surface area contributed by atoms with Gasteiger partial charge in [-0.05, 0) is 43.7 Å². The van der Waals surface area contributed by atoms with Crippen molar-refractivity contribution in [3.8, 4) is 0 Å².